The van der Waals surface area contributed by atoms with Gasteiger partial charge in [0.2, 0.25) is 0 Å². The van der Waals surface area contributed by atoms with Crippen LogP contribution in [0.25, 0.3) is 10.1 Å². The van der Waals surface area contributed by atoms with E-state index in [0.29, 0.717) is 0 Å². The minimum Gasteiger partial charge on any atom is -0.302 e. The molecule has 5 heteroatoms. The Labute approximate surface area is 129 Å². The van der Waals surface area contributed by atoms with Crippen molar-refractivity contribution in [2.75, 3.05) is 13.6 Å². The fraction of sp³-hybridized carbons (Fsp3) is 0.333. The topological polar surface area (TPSA) is 3.24 Å². The molecule has 0 N–H and O–H groups in total. The minimum absolute atomic E-state index is 0. The number of hydrogen-bond acceptors (Lipinski definition) is 2. The van der Waals surface area contributed by atoms with Crippen LogP contribution in [0.15, 0.2) is 15.9 Å². The van der Waals surface area contributed by atoms with Crippen molar-refractivity contribution in [2.45, 2.75) is 13.0 Å². The molecule has 2 heterocycles. The molecule has 92 valence electrons. The Morgan fingerprint density at radius 1 is 1.35 bits per heavy atom. The fourth-order valence-electron chi connectivity index (χ4n) is 2.31. The van der Waals surface area contributed by atoms with Gasteiger partial charge < -0.3 is 4.90 Å². The quantitative estimate of drug-likeness (QED) is 0.612. The third kappa shape index (κ3) is 2.30. The van der Waals surface area contributed by atoms with E-state index in [2.05, 4.69) is 33.9 Å². The van der Waals surface area contributed by atoms with Gasteiger partial charge in [-0.05, 0) is 52.7 Å². The van der Waals surface area contributed by atoms with Crippen molar-refractivity contribution in [3.63, 3.8) is 0 Å². The first-order valence-corrected chi connectivity index (χ1v) is 7.22. The van der Waals surface area contributed by atoms with Gasteiger partial charge in [-0.15, -0.1) is 28.3 Å². The highest BCUT2D eigenvalue weighted by Gasteiger charge is 2.20. The summed E-state index contributed by atoms with van der Waals surface area (Å²) in [5.41, 5.74) is 2.72. The van der Waals surface area contributed by atoms with Crippen molar-refractivity contribution in [3.05, 3.63) is 32.1 Å². The van der Waals surface area contributed by atoms with E-state index in [-0.39, 0.29) is 17.0 Å². The van der Waals surface area contributed by atoms with E-state index in [4.69, 9.17) is 11.6 Å². The van der Waals surface area contributed by atoms with Crippen LogP contribution in [0, 0.1) is 0 Å². The summed E-state index contributed by atoms with van der Waals surface area (Å²) in [6.07, 6.45) is 1.04. The lowest BCUT2D eigenvalue weighted by Crippen LogP contribution is -2.18. The second-order valence-electron chi connectivity index (χ2n) is 4.24. The van der Waals surface area contributed by atoms with Gasteiger partial charge in [0, 0.05) is 28.2 Å². The Morgan fingerprint density at radius 3 is 2.88 bits per heavy atom. The van der Waals surface area contributed by atoms with Gasteiger partial charge in [-0.1, -0.05) is 11.6 Å². The highest BCUT2D eigenvalue weighted by Crippen LogP contribution is 2.41. The van der Waals surface area contributed by atoms with Crippen LogP contribution in [0.5, 0.6) is 0 Å². The molecule has 0 radical (unpaired) electrons. The lowest BCUT2D eigenvalue weighted by Gasteiger charge is -2.12. The van der Waals surface area contributed by atoms with Crippen molar-refractivity contribution in [1.29, 1.82) is 0 Å². The zero-order valence-electron chi connectivity index (χ0n) is 9.30. The van der Waals surface area contributed by atoms with E-state index in [9.17, 15) is 0 Å². The van der Waals surface area contributed by atoms with Crippen molar-refractivity contribution >= 4 is 65.9 Å². The molecule has 1 aliphatic rings. The third-order valence-corrected chi connectivity index (χ3v) is 5.43. The molecule has 1 aromatic carbocycles. The number of nitrogens with zero attached hydrogens (tertiary/aromatic N) is 1. The number of rotatable bonds is 0. The van der Waals surface area contributed by atoms with Gasteiger partial charge in [0.1, 0.15) is 0 Å². The van der Waals surface area contributed by atoms with Gasteiger partial charge >= 0.3 is 0 Å². The first kappa shape index (κ1) is 13.8. The second-order valence-corrected chi connectivity index (χ2v) is 7.02. The van der Waals surface area contributed by atoms with Crippen LogP contribution in [0.1, 0.15) is 11.1 Å². The first-order valence-electron chi connectivity index (χ1n) is 5.23. The molecular formula is C12H12Br2ClNS. The van der Waals surface area contributed by atoms with Crippen molar-refractivity contribution in [2.24, 2.45) is 0 Å². The predicted molar refractivity (Wildman–Crippen MR) is 84.9 cm³/mol. The zero-order valence-corrected chi connectivity index (χ0v) is 14.2. The van der Waals surface area contributed by atoms with Crippen molar-refractivity contribution in [3.8, 4) is 0 Å². The lowest BCUT2D eigenvalue weighted by molar-refractivity contribution is 0.336. The SMILES string of the molecule is Br.CN1CCc2c(Cl)ccc3sc(Br)c(c23)C1. The molecule has 2 aromatic rings. The van der Waals surface area contributed by atoms with E-state index in [0.717, 1.165) is 24.5 Å². The summed E-state index contributed by atoms with van der Waals surface area (Å²) < 4.78 is 2.59. The summed E-state index contributed by atoms with van der Waals surface area (Å²) in [6.45, 7) is 2.08. The molecule has 0 fully saturated rings. The molecule has 0 aliphatic carbocycles. The standard InChI is InChI=1S/C12H11BrClNS.BrH/c1-15-5-4-7-9(14)2-3-10-11(7)8(6-15)12(13)16-10;/h2-3H,4-6H2,1H3;1H. The average Bonchev–Trinajstić information content (AvgIpc) is 2.46. The van der Waals surface area contributed by atoms with Crippen molar-refractivity contribution < 1.29 is 0 Å². The highest BCUT2D eigenvalue weighted by atomic mass is 79.9. The Bertz CT molecular complexity index is 567. The molecule has 0 bridgehead atoms. The normalized spacial score (nSPS) is 15.7. The Kier molecular flexibility index (Phi) is 4.20. The molecule has 0 saturated carbocycles. The average molecular weight is 398 g/mol. The summed E-state index contributed by atoms with van der Waals surface area (Å²) in [4.78, 5) is 2.35. The van der Waals surface area contributed by atoms with Crippen LogP contribution in [-0.2, 0) is 13.0 Å². The van der Waals surface area contributed by atoms with Crippen LogP contribution in [-0.4, -0.2) is 18.5 Å². The van der Waals surface area contributed by atoms with Gasteiger partial charge in [-0.3, -0.25) is 0 Å². The van der Waals surface area contributed by atoms with Gasteiger partial charge in [0.05, 0.1) is 3.79 Å². The summed E-state index contributed by atoms with van der Waals surface area (Å²) in [5, 5.41) is 2.29. The van der Waals surface area contributed by atoms with Crippen molar-refractivity contribution in [1.82, 2.24) is 4.90 Å². The molecule has 1 nitrogen and oxygen atoms in total. The molecule has 1 aliphatic heterocycles. The summed E-state index contributed by atoms with van der Waals surface area (Å²) in [5.74, 6) is 0. The van der Waals surface area contributed by atoms with Gasteiger partial charge in [-0.25, -0.2) is 0 Å². The lowest BCUT2D eigenvalue weighted by atomic mass is 10.1. The van der Waals surface area contributed by atoms with Crippen LogP contribution in [0.4, 0.5) is 0 Å². The molecular weight excluding hydrogens is 385 g/mol. The Hall–Kier alpha value is 0.390. The zero-order chi connectivity index (χ0) is 11.3. The van der Waals surface area contributed by atoms with E-state index in [1.807, 2.05) is 17.4 Å². The smallest absolute Gasteiger partial charge is 0.0756 e. The monoisotopic (exact) mass is 395 g/mol. The van der Waals surface area contributed by atoms with Crippen LogP contribution in [0.2, 0.25) is 5.02 Å². The molecule has 17 heavy (non-hydrogen) atoms. The largest absolute Gasteiger partial charge is 0.302 e. The molecule has 0 saturated heterocycles. The number of likely N-dealkylation sites (N-methyl/N-ethyl adjacent to an activating group) is 1. The molecule has 0 spiro atoms. The van der Waals surface area contributed by atoms with E-state index >= 15 is 0 Å². The summed E-state index contributed by atoms with van der Waals surface area (Å²) >= 11 is 11.8. The maximum Gasteiger partial charge on any atom is 0.0756 e. The first-order chi connectivity index (χ1) is 7.66. The van der Waals surface area contributed by atoms with E-state index in [1.165, 1.54) is 25.0 Å². The maximum absolute atomic E-state index is 6.31. The second kappa shape index (κ2) is 5.17. The fourth-order valence-corrected chi connectivity index (χ4v) is 4.38. The predicted octanol–water partition coefficient (Wildman–Crippen LogP) is 4.88. The third-order valence-electron chi connectivity index (χ3n) is 3.13. The summed E-state index contributed by atoms with van der Waals surface area (Å²) in [6, 6.07) is 4.16. The summed E-state index contributed by atoms with van der Waals surface area (Å²) in [7, 11) is 2.16. The maximum atomic E-state index is 6.31. The van der Waals surface area contributed by atoms with Crippen LogP contribution >= 0.6 is 55.8 Å². The number of thiophene rings is 1. The van der Waals surface area contributed by atoms with Gasteiger partial charge in [0.25, 0.3) is 0 Å². The van der Waals surface area contributed by atoms with E-state index in [1.54, 1.807) is 0 Å². The highest BCUT2D eigenvalue weighted by molar-refractivity contribution is 9.11. The Morgan fingerprint density at radius 2 is 2.12 bits per heavy atom. The number of halogens is 3. The molecule has 3 rings (SSSR count). The van der Waals surface area contributed by atoms with Gasteiger partial charge in [0.15, 0.2) is 0 Å². The molecule has 0 amide bonds. The van der Waals surface area contributed by atoms with E-state index < -0.39 is 0 Å². The number of benzene rings is 1. The molecule has 0 atom stereocenters. The Balaban J connectivity index is 0.00000108. The number of hydrogen-bond donors (Lipinski definition) is 0. The minimum atomic E-state index is 0. The van der Waals surface area contributed by atoms with Crippen LogP contribution < -0.4 is 0 Å². The molecule has 0 unspecified atom stereocenters. The van der Waals surface area contributed by atoms with Gasteiger partial charge in [-0.2, -0.15) is 0 Å². The molecule has 1 aromatic heterocycles. The van der Waals surface area contributed by atoms with Crippen LogP contribution in [0.3, 0.4) is 0 Å².